The Kier molecular flexibility index (Phi) is 5.78. The van der Waals surface area contributed by atoms with E-state index in [2.05, 4.69) is 5.10 Å². The quantitative estimate of drug-likeness (QED) is 0.640. The molecule has 1 aromatic heterocycles. The standard InChI is InChI=1S/C22H24FN3O2/c1-5-28-20-12-6-17(7-13-20)14-25(4)22(27)21-15(2)24-26(16(21)3)19-10-8-18(23)9-11-19/h6-13H,5,14H2,1-4H3. The highest BCUT2D eigenvalue weighted by molar-refractivity contribution is 5.96. The molecule has 0 unspecified atom stereocenters. The Bertz CT molecular complexity index is 963. The van der Waals surface area contributed by atoms with Crippen molar-refractivity contribution in [1.82, 2.24) is 14.7 Å². The summed E-state index contributed by atoms with van der Waals surface area (Å²) in [5, 5.41) is 4.48. The van der Waals surface area contributed by atoms with Crippen molar-refractivity contribution in [1.29, 1.82) is 0 Å². The Hall–Kier alpha value is -3.15. The van der Waals surface area contributed by atoms with Crippen LogP contribution in [-0.4, -0.2) is 34.2 Å². The summed E-state index contributed by atoms with van der Waals surface area (Å²) >= 11 is 0. The molecule has 0 spiro atoms. The zero-order valence-electron chi connectivity index (χ0n) is 16.6. The fraction of sp³-hybridized carbons (Fsp3) is 0.273. The normalized spacial score (nSPS) is 10.8. The molecule has 5 nitrogen and oxygen atoms in total. The van der Waals surface area contributed by atoms with Crippen LogP contribution in [0, 0.1) is 19.7 Å². The third-order valence-electron chi connectivity index (χ3n) is 4.58. The van der Waals surface area contributed by atoms with Crippen molar-refractivity contribution in [2.45, 2.75) is 27.3 Å². The van der Waals surface area contributed by atoms with Gasteiger partial charge in [0.25, 0.3) is 5.91 Å². The van der Waals surface area contributed by atoms with Crippen LogP contribution in [0.5, 0.6) is 5.75 Å². The first kappa shape index (κ1) is 19.6. The van der Waals surface area contributed by atoms with Crippen LogP contribution >= 0.6 is 0 Å². The molecule has 0 saturated heterocycles. The Morgan fingerprint density at radius 1 is 1.11 bits per heavy atom. The lowest BCUT2D eigenvalue weighted by molar-refractivity contribution is 0.0783. The third kappa shape index (κ3) is 4.06. The molecule has 0 N–H and O–H groups in total. The van der Waals surface area contributed by atoms with Crippen LogP contribution in [0.3, 0.4) is 0 Å². The largest absolute Gasteiger partial charge is 0.494 e. The summed E-state index contributed by atoms with van der Waals surface area (Å²) in [6, 6.07) is 13.8. The average molecular weight is 381 g/mol. The van der Waals surface area contributed by atoms with Crippen LogP contribution in [0.1, 0.15) is 34.2 Å². The first-order valence-corrected chi connectivity index (χ1v) is 9.20. The van der Waals surface area contributed by atoms with Crippen LogP contribution in [0.15, 0.2) is 48.5 Å². The lowest BCUT2D eigenvalue weighted by atomic mass is 10.1. The van der Waals surface area contributed by atoms with E-state index < -0.39 is 0 Å². The summed E-state index contributed by atoms with van der Waals surface area (Å²) in [5.74, 6) is 0.404. The molecule has 0 bridgehead atoms. The summed E-state index contributed by atoms with van der Waals surface area (Å²) in [6.07, 6.45) is 0. The molecule has 0 atom stereocenters. The Labute approximate surface area is 164 Å². The van der Waals surface area contributed by atoms with Crippen molar-refractivity contribution in [3.8, 4) is 11.4 Å². The zero-order valence-corrected chi connectivity index (χ0v) is 16.6. The molecule has 146 valence electrons. The number of halogens is 1. The number of ether oxygens (including phenoxy) is 1. The highest BCUT2D eigenvalue weighted by Gasteiger charge is 2.22. The number of hydrogen-bond donors (Lipinski definition) is 0. The van der Waals surface area contributed by atoms with Gasteiger partial charge in [0, 0.05) is 13.6 Å². The van der Waals surface area contributed by atoms with Gasteiger partial charge in [-0.15, -0.1) is 0 Å². The molecular weight excluding hydrogens is 357 g/mol. The van der Waals surface area contributed by atoms with E-state index in [-0.39, 0.29) is 11.7 Å². The molecule has 0 aliphatic heterocycles. The minimum atomic E-state index is -0.309. The molecule has 0 aliphatic rings. The molecule has 6 heteroatoms. The van der Waals surface area contributed by atoms with E-state index in [1.807, 2.05) is 45.0 Å². The summed E-state index contributed by atoms with van der Waals surface area (Å²) in [5.41, 5.74) is 3.67. The van der Waals surface area contributed by atoms with Crippen LogP contribution in [0.4, 0.5) is 4.39 Å². The topological polar surface area (TPSA) is 47.4 Å². The van der Waals surface area contributed by atoms with E-state index in [0.717, 1.165) is 22.7 Å². The Morgan fingerprint density at radius 2 is 1.75 bits per heavy atom. The zero-order chi connectivity index (χ0) is 20.3. The van der Waals surface area contributed by atoms with E-state index in [9.17, 15) is 9.18 Å². The van der Waals surface area contributed by atoms with Gasteiger partial charge in [0.15, 0.2) is 0 Å². The molecule has 0 radical (unpaired) electrons. The number of amides is 1. The lowest BCUT2D eigenvalue weighted by Crippen LogP contribution is -2.27. The predicted octanol–water partition coefficient (Wildman–Crippen LogP) is 4.30. The highest BCUT2D eigenvalue weighted by Crippen LogP contribution is 2.21. The molecule has 1 heterocycles. The first-order valence-electron chi connectivity index (χ1n) is 9.20. The van der Waals surface area contributed by atoms with E-state index in [1.165, 1.54) is 12.1 Å². The second kappa shape index (κ2) is 8.25. The average Bonchev–Trinajstić information content (AvgIpc) is 2.97. The summed E-state index contributed by atoms with van der Waals surface area (Å²) in [4.78, 5) is 14.7. The maximum Gasteiger partial charge on any atom is 0.257 e. The maximum absolute atomic E-state index is 13.2. The molecule has 1 amide bonds. The number of aryl methyl sites for hydroxylation is 1. The second-order valence-corrected chi connectivity index (χ2v) is 6.67. The fourth-order valence-electron chi connectivity index (χ4n) is 3.18. The number of nitrogens with zero attached hydrogens (tertiary/aromatic N) is 3. The van der Waals surface area contributed by atoms with Crippen LogP contribution in [0.25, 0.3) is 5.69 Å². The van der Waals surface area contributed by atoms with Gasteiger partial charge in [0.1, 0.15) is 11.6 Å². The van der Waals surface area contributed by atoms with Gasteiger partial charge in [0.05, 0.1) is 29.2 Å². The van der Waals surface area contributed by atoms with Gasteiger partial charge in [-0.3, -0.25) is 4.79 Å². The molecule has 0 aliphatic carbocycles. The number of carbonyl (C=O) groups is 1. The van der Waals surface area contributed by atoms with Crippen LogP contribution < -0.4 is 4.74 Å². The van der Waals surface area contributed by atoms with Gasteiger partial charge >= 0.3 is 0 Å². The third-order valence-corrected chi connectivity index (χ3v) is 4.58. The summed E-state index contributed by atoms with van der Waals surface area (Å²) < 4.78 is 20.3. The van der Waals surface area contributed by atoms with Gasteiger partial charge in [0.2, 0.25) is 0 Å². The molecule has 3 aromatic rings. The van der Waals surface area contributed by atoms with Crippen LogP contribution in [-0.2, 0) is 6.54 Å². The van der Waals surface area contributed by atoms with Crippen LogP contribution in [0.2, 0.25) is 0 Å². The van der Waals surface area contributed by atoms with E-state index in [0.29, 0.717) is 24.4 Å². The summed E-state index contributed by atoms with van der Waals surface area (Å²) in [6.45, 7) is 6.70. The second-order valence-electron chi connectivity index (χ2n) is 6.67. The molecular formula is C22H24FN3O2. The van der Waals surface area contributed by atoms with E-state index in [4.69, 9.17) is 4.74 Å². The number of carbonyl (C=O) groups excluding carboxylic acids is 1. The van der Waals surface area contributed by atoms with Crippen molar-refractivity contribution in [3.63, 3.8) is 0 Å². The van der Waals surface area contributed by atoms with Crippen molar-refractivity contribution in [2.75, 3.05) is 13.7 Å². The van der Waals surface area contributed by atoms with Crippen molar-refractivity contribution >= 4 is 5.91 Å². The van der Waals surface area contributed by atoms with Gasteiger partial charge < -0.3 is 9.64 Å². The number of rotatable bonds is 6. The van der Waals surface area contributed by atoms with Gasteiger partial charge in [-0.05, 0) is 62.7 Å². The summed E-state index contributed by atoms with van der Waals surface area (Å²) in [7, 11) is 1.77. The van der Waals surface area contributed by atoms with E-state index >= 15 is 0 Å². The SMILES string of the molecule is CCOc1ccc(CN(C)C(=O)c2c(C)nn(-c3ccc(F)cc3)c2C)cc1. The monoisotopic (exact) mass is 381 g/mol. The Balaban J connectivity index is 1.80. The van der Waals surface area contributed by atoms with Crippen molar-refractivity contribution in [3.05, 3.63) is 76.9 Å². The van der Waals surface area contributed by atoms with Gasteiger partial charge in [-0.25, -0.2) is 9.07 Å². The Morgan fingerprint density at radius 3 is 2.36 bits per heavy atom. The number of aromatic nitrogens is 2. The number of benzene rings is 2. The molecule has 3 rings (SSSR count). The van der Waals surface area contributed by atoms with Gasteiger partial charge in [-0.2, -0.15) is 5.10 Å². The first-order chi connectivity index (χ1) is 13.4. The highest BCUT2D eigenvalue weighted by atomic mass is 19.1. The molecule has 28 heavy (non-hydrogen) atoms. The van der Waals surface area contributed by atoms with E-state index in [1.54, 1.807) is 28.8 Å². The minimum Gasteiger partial charge on any atom is -0.494 e. The molecule has 0 saturated carbocycles. The fourth-order valence-corrected chi connectivity index (χ4v) is 3.18. The molecule has 2 aromatic carbocycles. The van der Waals surface area contributed by atoms with Crippen molar-refractivity contribution in [2.24, 2.45) is 0 Å². The number of hydrogen-bond acceptors (Lipinski definition) is 3. The minimum absolute atomic E-state index is 0.0998. The molecule has 0 fully saturated rings. The maximum atomic E-state index is 13.2. The van der Waals surface area contributed by atoms with Gasteiger partial charge in [-0.1, -0.05) is 12.1 Å². The van der Waals surface area contributed by atoms with Crippen molar-refractivity contribution < 1.29 is 13.9 Å². The smallest absolute Gasteiger partial charge is 0.257 e. The predicted molar refractivity (Wildman–Crippen MR) is 106 cm³/mol. The lowest BCUT2D eigenvalue weighted by Gasteiger charge is -2.18.